The molecule has 0 saturated heterocycles. The van der Waals surface area contributed by atoms with Gasteiger partial charge in [0, 0.05) is 5.56 Å². The van der Waals surface area contributed by atoms with E-state index in [0.29, 0.717) is 4.48 Å². The highest BCUT2D eigenvalue weighted by molar-refractivity contribution is 5.70. The molecule has 0 radical (unpaired) electrons. The normalized spacial score (nSPS) is 10.8. The lowest BCUT2D eigenvalue weighted by atomic mass is 10.1. The van der Waals surface area contributed by atoms with Crippen LogP contribution in [0.15, 0.2) is 121 Å². The highest BCUT2D eigenvalue weighted by Gasteiger charge is 2.36. The molecule has 0 N–H and O–H groups in total. The van der Waals surface area contributed by atoms with Crippen LogP contribution in [0.5, 0.6) is 0 Å². The maximum atomic E-state index is 2.23. The minimum absolute atomic E-state index is 0. The molecule has 0 unspecified atom stereocenters. The van der Waals surface area contributed by atoms with E-state index in [4.69, 9.17) is 0 Å². The Labute approximate surface area is 178 Å². The zero-order chi connectivity index (χ0) is 17.7. The van der Waals surface area contributed by atoms with E-state index in [1.165, 1.54) is 22.6 Å². The van der Waals surface area contributed by atoms with Gasteiger partial charge in [0.1, 0.15) is 23.6 Å². The first-order valence-electron chi connectivity index (χ1n) is 8.98. The molecule has 0 amide bonds. The lowest BCUT2D eigenvalue weighted by Crippen LogP contribution is -3.00. The molecule has 0 aliphatic carbocycles. The SMILES string of the molecule is [I-].c1ccc(C[N+](c2ccccc2)(c2ccccc2)c2ccccc2)cc1. The van der Waals surface area contributed by atoms with Crippen molar-refractivity contribution in [3.63, 3.8) is 0 Å². The van der Waals surface area contributed by atoms with Crippen molar-refractivity contribution < 1.29 is 24.0 Å². The van der Waals surface area contributed by atoms with Crippen molar-refractivity contribution in [2.75, 3.05) is 0 Å². The van der Waals surface area contributed by atoms with Crippen molar-refractivity contribution in [1.82, 2.24) is 4.48 Å². The summed E-state index contributed by atoms with van der Waals surface area (Å²) < 4.78 is 0.659. The number of rotatable bonds is 5. The van der Waals surface area contributed by atoms with Crippen molar-refractivity contribution in [3.8, 4) is 0 Å². The summed E-state index contributed by atoms with van der Waals surface area (Å²) in [6.07, 6.45) is 0. The number of hydrogen-bond donors (Lipinski definition) is 0. The minimum atomic E-state index is 0. The third-order valence-corrected chi connectivity index (χ3v) is 4.85. The van der Waals surface area contributed by atoms with Crippen LogP contribution in [0.4, 0.5) is 17.1 Å². The Balaban J connectivity index is 0.00000210. The Morgan fingerprint density at radius 1 is 0.407 bits per heavy atom. The van der Waals surface area contributed by atoms with Crippen molar-refractivity contribution >= 4 is 17.1 Å². The van der Waals surface area contributed by atoms with Gasteiger partial charge in [0.15, 0.2) is 0 Å². The highest BCUT2D eigenvalue weighted by Crippen LogP contribution is 2.45. The smallest absolute Gasteiger partial charge is 0.143 e. The van der Waals surface area contributed by atoms with Gasteiger partial charge in [0.25, 0.3) is 0 Å². The topological polar surface area (TPSA) is 0 Å². The summed E-state index contributed by atoms with van der Waals surface area (Å²) in [4.78, 5) is 0. The third-order valence-electron chi connectivity index (χ3n) is 4.85. The van der Waals surface area contributed by atoms with Crippen LogP contribution in [0, 0.1) is 0 Å². The molecule has 27 heavy (non-hydrogen) atoms. The fourth-order valence-corrected chi connectivity index (χ4v) is 3.63. The lowest BCUT2D eigenvalue weighted by Gasteiger charge is -2.37. The first-order valence-corrected chi connectivity index (χ1v) is 8.98. The van der Waals surface area contributed by atoms with E-state index in [1.54, 1.807) is 0 Å². The second-order valence-corrected chi connectivity index (χ2v) is 6.46. The zero-order valence-corrected chi connectivity index (χ0v) is 17.2. The predicted octanol–water partition coefficient (Wildman–Crippen LogP) is 3.86. The first kappa shape index (κ1) is 19.3. The minimum Gasteiger partial charge on any atom is -1.00 e. The number of hydrogen-bond acceptors (Lipinski definition) is 0. The molecule has 1 nitrogen and oxygen atoms in total. The molecule has 134 valence electrons. The number of nitrogens with zero attached hydrogens (tertiary/aromatic N) is 1. The predicted molar refractivity (Wildman–Crippen MR) is 111 cm³/mol. The quantitative estimate of drug-likeness (QED) is 0.312. The largest absolute Gasteiger partial charge is 1.00 e. The molecule has 0 fully saturated rings. The van der Waals surface area contributed by atoms with Crippen molar-refractivity contribution in [2.24, 2.45) is 0 Å². The number of para-hydroxylation sites is 3. The third kappa shape index (κ3) is 3.97. The number of halogens is 1. The maximum Gasteiger partial charge on any atom is 0.143 e. The Kier molecular flexibility index (Phi) is 6.43. The van der Waals surface area contributed by atoms with Crippen LogP contribution in [0.25, 0.3) is 0 Å². The molecular formula is C25H22IN. The Morgan fingerprint density at radius 3 is 1.04 bits per heavy atom. The summed E-state index contributed by atoms with van der Waals surface area (Å²) >= 11 is 0. The fraction of sp³-hybridized carbons (Fsp3) is 0.0400. The lowest BCUT2D eigenvalue weighted by molar-refractivity contribution is -0.00000505. The molecule has 0 aliphatic rings. The van der Waals surface area contributed by atoms with E-state index in [1.807, 2.05) is 0 Å². The molecule has 4 rings (SSSR count). The van der Waals surface area contributed by atoms with Crippen LogP contribution in [-0.2, 0) is 6.54 Å². The zero-order valence-electron chi connectivity index (χ0n) is 15.1. The molecule has 0 heterocycles. The average molecular weight is 463 g/mol. The number of benzene rings is 4. The summed E-state index contributed by atoms with van der Waals surface area (Å²) in [5, 5.41) is 0. The Morgan fingerprint density at radius 2 is 0.704 bits per heavy atom. The molecular weight excluding hydrogens is 441 g/mol. The highest BCUT2D eigenvalue weighted by atomic mass is 127. The van der Waals surface area contributed by atoms with E-state index in [2.05, 4.69) is 121 Å². The van der Waals surface area contributed by atoms with E-state index in [9.17, 15) is 0 Å². The molecule has 2 heteroatoms. The van der Waals surface area contributed by atoms with Crippen LogP contribution >= 0.6 is 0 Å². The average Bonchev–Trinajstić information content (AvgIpc) is 2.75. The van der Waals surface area contributed by atoms with Crippen LogP contribution in [-0.4, -0.2) is 0 Å². The van der Waals surface area contributed by atoms with Gasteiger partial charge >= 0.3 is 0 Å². The first-order chi connectivity index (χ1) is 12.9. The molecule has 0 spiro atoms. The van der Waals surface area contributed by atoms with E-state index < -0.39 is 0 Å². The van der Waals surface area contributed by atoms with E-state index in [-0.39, 0.29) is 24.0 Å². The molecule has 0 bridgehead atoms. The van der Waals surface area contributed by atoms with Crippen molar-refractivity contribution in [3.05, 3.63) is 127 Å². The van der Waals surface area contributed by atoms with Gasteiger partial charge in [-0.3, -0.25) is 0 Å². The van der Waals surface area contributed by atoms with Gasteiger partial charge < -0.3 is 24.0 Å². The van der Waals surface area contributed by atoms with Crippen molar-refractivity contribution in [1.29, 1.82) is 0 Å². The van der Waals surface area contributed by atoms with Gasteiger partial charge in [0.05, 0.1) is 0 Å². The summed E-state index contributed by atoms with van der Waals surface area (Å²) in [6, 6.07) is 43.1. The Hall–Kier alpha value is -2.43. The summed E-state index contributed by atoms with van der Waals surface area (Å²) in [5.41, 5.74) is 5.08. The van der Waals surface area contributed by atoms with Gasteiger partial charge in [-0.2, -0.15) is 0 Å². The van der Waals surface area contributed by atoms with Crippen LogP contribution < -0.4 is 28.5 Å². The molecule has 0 saturated carbocycles. The standard InChI is InChI=1S/C25H22N.HI/c1-5-13-22(14-6-1)21-26(23-15-7-2-8-16-23,24-17-9-3-10-18-24)25-19-11-4-12-20-25;/h1-20H,21H2;1H/q+1;/p-1. The van der Waals surface area contributed by atoms with Crippen LogP contribution in [0.1, 0.15) is 5.56 Å². The number of quaternary nitrogens is 1. The maximum absolute atomic E-state index is 2.23. The van der Waals surface area contributed by atoms with E-state index in [0.717, 1.165) is 6.54 Å². The molecule has 4 aromatic carbocycles. The fourth-order valence-electron chi connectivity index (χ4n) is 3.63. The molecule has 0 aliphatic heterocycles. The van der Waals surface area contributed by atoms with Gasteiger partial charge in [0.2, 0.25) is 0 Å². The monoisotopic (exact) mass is 463 g/mol. The van der Waals surface area contributed by atoms with Gasteiger partial charge in [-0.1, -0.05) is 84.9 Å². The summed E-state index contributed by atoms with van der Waals surface area (Å²) in [6.45, 7) is 0.860. The van der Waals surface area contributed by atoms with Crippen molar-refractivity contribution in [2.45, 2.75) is 6.54 Å². The summed E-state index contributed by atoms with van der Waals surface area (Å²) in [7, 11) is 0. The van der Waals surface area contributed by atoms with Gasteiger partial charge in [-0.25, -0.2) is 4.48 Å². The van der Waals surface area contributed by atoms with Crippen LogP contribution in [0.3, 0.4) is 0 Å². The van der Waals surface area contributed by atoms with Gasteiger partial charge in [-0.15, -0.1) is 0 Å². The molecule has 0 atom stereocenters. The van der Waals surface area contributed by atoms with Gasteiger partial charge in [-0.05, 0) is 36.4 Å². The second-order valence-electron chi connectivity index (χ2n) is 6.46. The summed E-state index contributed by atoms with van der Waals surface area (Å²) in [5.74, 6) is 0. The molecule has 0 aromatic heterocycles. The second kappa shape index (κ2) is 8.98. The Bertz CT molecular complexity index is 842. The molecule has 4 aromatic rings. The van der Waals surface area contributed by atoms with E-state index >= 15 is 0 Å². The van der Waals surface area contributed by atoms with Crippen LogP contribution in [0.2, 0.25) is 0 Å².